The second kappa shape index (κ2) is 7.09. The molecule has 0 aromatic carbocycles. The molecule has 1 amide bonds. The van der Waals surface area contributed by atoms with E-state index < -0.39 is 0 Å². The molecule has 0 saturated heterocycles. The normalized spacial score (nSPS) is 10.1. The predicted octanol–water partition coefficient (Wildman–Crippen LogP) is -2.61. The van der Waals surface area contributed by atoms with Gasteiger partial charge in [0.05, 0.1) is 33.7 Å². The number of carbonyl (C=O) groups is 1. The van der Waals surface area contributed by atoms with Crippen LogP contribution >= 0.6 is 0 Å². The Hall–Kier alpha value is -0.350. The highest BCUT2D eigenvalue weighted by molar-refractivity contribution is 5.86. The SMILES string of the molecule is C=CC(=O)NCC[N+](C)(C)CC.[Br-]. The number of amides is 1. The Kier molecular flexibility index (Phi) is 8.26. The Bertz CT molecular complexity index is 169. The van der Waals surface area contributed by atoms with Crippen molar-refractivity contribution in [1.29, 1.82) is 0 Å². The van der Waals surface area contributed by atoms with Crippen LogP contribution < -0.4 is 22.3 Å². The molecule has 0 fully saturated rings. The highest BCUT2D eigenvalue weighted by Crippen LogP contribution is 1.92. The summed E-state index contributed by atoms with van der Waals surface area (Å²) in [6, 6.07) is 0. The fourth-order valence-electron chi connectivity index (χ4n) is 0.712. The van der Waals surface area contributed by atoms with Gasteiger partial charge in [-0.2, -0.15) is 0 Å². The van der Waals surface area contributed by atoms with Crippen LogP contribution in [0.2, 0.25) is 0 Å². The molecule has 0 aromatic heterocycles. The number of nitrogens with one attached hydrogen (secondary N) is 1. The smallest absolute Gasteiger partial charge is 0.243 e. The van der Waals surface area contributed by atoms with E-state index in [0.29, 0.717) is 6.54 Å². The number of quaternary nitrogens is 1. The zero-order valence-electron chi connectivity index (χ0n) is 8.64. The van der Waals surface area contributed by atoms with E-state index in [4.69, 9.17) is 0 Å². The van der Waals surface area contributed by atoms with Gasteiger partial charge in [-0.1, -0.05) is 6.58 Å². The molecule has 78 valence electrons. The van der Waals surface area contributed by atoms with Crippen LogP contribution in [0.4, 0.5) is 0 Å². The molecule has 1 N–H and O–H groups in total. The van der Waals surface area contributed by atoms with Crippen molar-refractivity contribution in [2.75, 3.05) is 33.7 Å². The van der Waals surface area contributed by atoms with Gasteiger partial charge in [0.1, 0.15) is 0 Å². The zero-order chi connectivity index (χ0) is 9.61. The molecule has 0 unspecified atom stereocenters. The minimum absolute atomic E-state index is 0. The summed E-state index contributed by atoms with van der Waals surface area (Å²) in [7, 11) is 4.28. The van der Waals surface area contributed by atoms with E-state index in [1.54, 1.807) is 0 Å². The van der Waals surface area contributed by atoms with Crippen molar-refractivity contribution in [2.24, 2.45) is 0 Å². The lowest BCUT2D eigenvalue weighted by Gasteiger charge is -2.27. The van der Waals surface area contributed by atoms with Crippen LogP contribution in [-0.4, -0.2) is 44.1 Å². The molecule has 0 bridgehead atoms. The van der Waals surface area contributed by atoms with Crippen LogP contribution in [0.3, 0.4) is 0 Å². The fraction of sp³-hybridized carbons (Fsp3) is 0.667. The molecule has 0 aromatic rings. The summed E-state index contributed by atoms with van der Waals surface area (Å²) in [5.41, 5.74) is 0. The minimum Gasteiger partial charge on any atom is -1.00 e. The molecular weight excluding hydrogens is 232 g/mol. The minimum atomic E-state index is -0.0916. The molecule has 0 saturated carbocycles. The van der Waals surface area contributed by atoms with E-state index in [1.807, 2.05) is 0 Å². The molecule has 3 nitrogen and oxygen atoms in total. The number of halogens is 1. The first kappa shape index (κ1) is 15.1. The molecular formula is C9H19BrN2O. The second-order valence-electron chi connectivity index (χ2n) is 3.47. The van der Waals surface area contributed by atoms with Gasteiger partial charge in [-0.3, -0.25) is 4.79 Å². The van der Waals surface area contributed by atoms with Crippen LogP contribution in [-0.2, 0) is 4.79 Å². The third kappa shape index (κ3) is 7.99. The van der Waals surface area contributed by atoms with Crippen LogP contribution in [0, 0.1) is 0 Å². The summed E-state index contributed by atoms with van der Waals surface area (Å²) in [6.45, 7) is 8.25. The molecule has 0 radical (unpaired) electrons. The van der Waals surface area contributed by atoms with Gasteiger partial charge in [-0.05, 0) is 13.0 Å². The standard InChI is InChI=1S/C9H18N2O.BrH/c1-5-9(12)10-7-8-11(3,4)6-2;/h5H,1,6-8H2,2-4H3;1H. The number of carbonyl (C=O) groups excluding carboxylic acids is 1. The van der Waals surface area contributed by atoms with Crippen LogP contribution in [0.1, 0.15) is 6.92 Å². The molecule has 0 atom stereocenters. The molecule has 0 spiro atoms. The van der Waals surface area contributed by atoms with Gasteiger partial charge in [0.2, 0.25) is 5.91 Å². The summed E-state index contributed by atoms with van der Waals surface area (Å²) in [4.78, 5) is 10.7. The van der Waals surface area contributed by atoms with E-state index in [0.717, 1.165) is 17.6 Å². The van der Waals surface area contributed by atoms with Crippen molar-refractivity contribution in [3.05, 3.63) is 12.7 Å². The summed E-state index contributed by atoms with van der Waals surface area (Å²) in [6.07, 6.45) is 1.30. The van der Waals surface area contributed by atoms with Crippen molar-refractivity contribution in [2.45, 2.75) is 6.92 Å². The summed E-state index contributed by atoms with van der Waals surface area (Å²) in [5, 5.41) is 2.75. The average Bonchev–Trinajstić information content (AvgIpc) is 2.04. The highest BCUT2D eigenvalue weighted by atomic mass is 79.9. The van der Waals surface area contributed by atoms with Crippen molar-refractivity contribution in [3.8, 4) is 0 Å². The van der Waals surface area contributed by atoms with Gasteiger partial charge < -0.3 is 26.8 Å². The Morgan fingerprint density at radius 1 is 1.54 bits per heavy atom. The molecule has 13 heavy (non-hydrogen) atoms. The van der Waals surface area contributed by atoms with E-state index in [2.05, 4.69) is 32.9 Å². The second-order valence-corrected chi connectivity index (χ2v) is 3.47. The Morgan fingerprint density at radius 2 is 2.08 bits per heavy atom. The van der Waals surface area contributed by atoms with Gasteiger partial charge in [0.15, 0.2) is 0 Å². The van der Waals surface area contributed by atoms with Crippen LogP contribution in [0.5, 0.6) is 0 Å². The van der Waals surface area contributed by atoms with E-state index in [1.165, 1.54) is 6.08 Å². The Labute approximate surface area is 91.2 Å². The van der Waals surface area contributed by atoms with Crippen LogP contribution in [0.25, 0.3) is 0 Å². The first-order valence-corrected chi connectivity index (χ1v) is 4.24. The van der Waals surface area contributed by atoms with Crippen molar-refractivity contribution >= 4 is 5.91 Å². The molecule has 0 aliphatic heterocycles. The van der Waals surface area contributed by atoms with E-state index in [9.17, 15) is 4.79 Å². The van der Waals surface area contributed by atoms with Crippen molar-refractivity contribution in [1.82, 2.24) is 5.32 Å². The predicted molar refractivity (Wildman–Crippen MR) is 50.7 cm³/mol. The topological polar surface area (TPSA) is 29.1 Å². The number of hydrogen-bond acceptors (Lipinski definition) is 1. The lowest BCUT2D eigenvalue weighted by molar-refractivity contribution is -0.887. The van der Waals surface area contributed by atoms with Gasteiger partial charge >= 0.3 is 0 Å². The number of nitrogens with zero attached hydrogens (tertiary/aromatic N) is 1. The third-order valence-corrected chi connectivity index (χ3v) is 2.06. The number of rotatable bonds is 5. The molecule has 4 heteroatoms. The number of likely N-dealkylation sites (N-methyl/N-ethyl adjacent to an activating group) is 1. The maximum absolute atomic E-state index is 10.7. The molecule has 0 aliphatic rings. The summed E-state index contributed by atoms with van der Waals surface area (Å²) >= 11 is 0. The Balaban J connectivity index is 0. The highest BCUT2D eigenvalue weighted by Gasteiger charge is 2.10. The zero-order valence-corrected chi connectivity index (χ0v) is 10.2. The lowest BCUT2D eigenvalue weighted by Crippen LogP contribution is -3.00. The first-order valence-electron chi connectivity index (χ1n) is 4.24. The quantitative estimate of drug-likeness (QED) is 0.421. The summed E-state index contributed by atoms with van der Waals surface area (Å²) < 4.78 is 0.928. The maximum atomic E-state index is 10.7. The van der Waals surface area contributed by atoms with Crippen molar-refractivity contribution < 1.29 is 26.3 Å². The monoisotopic (exact) mass is 250 g/mol. The maximum Gasteiger partial charge on any atom is 0.243 e. The van der Waals surface area contributed by atoms with Crippen molar-refractivity contribution in [3.63, 3.8) is 0 Å². The number of hydrogen-bond donors (Lipinski definition) is 1. The first-order chi connectivity index (χ1) is 5.52. The summed E-state index contributed by atoms with van der Waals surface area (Å²) in [5.74, 6) is -0.0916. The fourth-order valence-corrected chi connectivity index (χ4v) is 0.712. The van der Waals surface area contributed by atoms with Gasteiger partial charge in [-0.25, -0.2) is 0 Å². The average molecular weight is 251 g/mol. The van der Waals surface area contributed by atoms with Gasteiger partial charge in [0.25, 0.3) is 0 Å². The van der Waals surface area contributed by atoms with E-state index >= 15 is 0 Å². The Morgan fingerprint density at radius 3 is 2.46 bits per heavy atom. The van der Waals surface area contributed by atoms with Crippen LogP contribution in [0.15, 0.2) is 12.7 Å². The van der Waals surface area contributed by atoms with Gasteiger partial charge in [0, 0.05) is 0 Å². The largest absolute Gasteiger partial charge is 1.00 e. The lowest BCUT2D eigenvalue weighted by atomic mass is 10.4. The molecule has 0 aliphatic carbocycles. The van der Waals surface area contributed by atoms with Gasteiger partial charge in [-0.15, -0.1) is 0 Å². The molecule has 0 heterocycles. The third-order valence-electron chi connectivity index (χ3n) is 2.06. The molecule has 0 rings (SSSR count). The van der Waals surface area contributed by atoms with E-state index in [-0.39, 0.29) is 22.9 Å².